The molecule has 1 fully saturated rings. The Bertz CT molecular complexity index is 371. The first-order chi connectivity index (χ1) is 9.03. The molecule has 0 unspecified atom stereocenters. The lowest BCUT2D eigenvalue weighted by atomic mass is 10.1. The van der Waals surface area contributed by atoms with Crippen molar-refractivity contribution in [2.24, 2.45) is 11.7 Å². The standard InChI is InChI=1S/C12H25N3O2S2/c13-6-3-1-2-4-7-14-12(18)15-9-11-5-8-19(16,17)10-11/h11H,1-10,13H2,(H2,14,15,18)/t11-/m1/s1. The number of sulfone groups is 1. The van der Waals surface area contributed by atoms with Crippen LogP contribution in [0.25, 0.3) is 0 Å². The molecule has 0 radical (unpaired) electrons. The summed E-state index contributed by atoms with van der Waals surface area (Å²) in [6, 6.07) is 0. The van der Waals surface area contributed by atoms with E-state index in [1.807, 2.05) is 0 Å². The molecule has 0 amide bonds. The molecule has 1 heterocycles. The van der Waals surface area contributed by atoms with Crippen LogP contribution in [0.4, 0.5) is 0 Å². The Morgan fingerprint density at radius 3 is 2.58 bits per heavy atom. The number of unbranched alkanes of at least 4 members (excludes halogenated alkanes) is 3. The minimum atomic E-state index is -2.79. The minimum Gasteiger partial charge on any atom is -0.363 e. The molecule has 0 aromatic heterocycles. The maximum absolute atomic E-state index is 11.3. The summed E-state index contributed by atoms with van der Waals surface area (Å²) in [5, 5.41) is 6.87. The quantitative estimate of drug-likeness (QED) is 0.445. The third kappa shape index (κ3) is 7.69. The molecule has 112 valence electrons. The van der Waals surface area contributed by atoms with E-state index in [0.717, 1.165) is 45.2 Å². The second-order valence-electron chi connectivity index (χ2n) is 5.11. The highest BCUT2D eigenvalue weighted by Crippen LogP contribution is 2.17. The molecular weight excluding hydrogens is 282 g/mol. The van der Waals surface area contributed by atoms with Crippen molar-refractivity contribution in [1.82, 2.24) is 10.6 Å². The van der Waals surface area contributed by atoms with E-state index in [0.29, 0.717) is 23.2 Å². The van der Waals surface area contributed by atoms with Crippen LogP contribution in [0, 0.1) is 5.92 Å². The molecule has 5 nitrogen and oxygen atoms in total. The SMILES string of the molecule is NCCCCCCNC(=S)NC[C@H]1CCS(=O)(=O)C1. The van der Waals surface area contributed by atoms with Crippen molar-refractivity contribution in [1.29, 1.82) is 0 Å². The summed E-state index contributed by atoms with van der Waals surface area (Å²) in [6.45, 7) is 2.27. The number of nitrogens with two attached hydrogens (primary N) is 1. The number of thiocarbonyl (C=S) groups is 1. The molecule has 1 atom stereocenters. The lowest BCUT2D eigenvalue weighted by molar-refractivity contribution is 0.568. The Morgan fingerprint density at radius 1 is 1.21 bits per heavy atom. The zero-order valence-electron chi connectivity index (χ0n) is 11.4. The predicted molar refractivity (Wildman–Crippen MR) is 82.9 cm³/mol. The van der Waals surface area contributed by atoms with Gasteiger partial charge in [-0.2, -0.15) is 0 Å². The predicted octanol–water partition coefficient (Wildman–Crippen LogP) is 0.404. The zero-order chi connectivity index (χ0) is 14.1. The van der Waals surface area contributed by atoms with Crippen LogP contribution in [-0.2, 0) is 9.84 Å². The topological polar surface area (TPSA) is 84.2 Å². The summed E-state index contributed by atoms with van der Waals surface area (Å²) >= 11 is 5.15. The van der Waals surface area contributed by atoms with Gasteiger partial charge in [-0.1, -0.05) is 12.8 Å². The van der Waals surface area contributed by atoms with Crippen LogP contribution in [0.2, 0.25) is 0 Å². The van der Waals surface area contributed by atoms with Gasteiger partial charge >= 0.3 is 0 Å². The van der Waals surface area contributed by atoms with Gasteiger partial charge in [0.1, 0.15) is 0 Å². The number of nitrogens with one attached hydrogen (secondary N) is 2. The maximum Gasteiger partial charge on any atom is 0.166 e. The molecule has 7 heteroatoms. The molecule has 1 saturated heterocycles. The molecule has 1 aliphatic rings. The van der Waals surface area contributed by atoms with Crippen molar-refractivity contribution in [3.63, 3.8) is 0 Å². The van der Waals surface area contributed by atoms with E-state index in [4.69, 9.17) is 18.0 Å². The average Bonchev–Trinajstić information content (AvgIpc) is 2.71. The fraction of sp³-hybridized carbons (Fsp3) is 0.917. The van der Waals surface area contributed by atoms with Crippen molar-refractivity contribution in [2.45, 2.75) is 32.1 Å². The summed E-state index contributed by atoms with van der Waals surface area (Å²) < 4.78 is 22.6. The number of hydrogen-bond donors (Lipinski definition) is 3. The molecule has 4 N–H and O–H groups in total. The molecule has 0 aliphatic carbocycles. The average molecular weight is 307 g/mol. The fourth-order valence-corrected chi connectivity index (χ4v) is 4.20. The Balaban J connectivity index is 1.99. The van der Waals surface area contributed by atoms with Crippen LogP contribution in [0.5, 0.6) is 0 Å². The third-order valence-corrected chi connectivity index (χ3v) is 5.42. The number of rotatable bonds is 8. The first-order valence-corrected chi connectivity index (χ1v) is 9.18. The van der Waals surface area contributed by atoms with Crippen LogP contribution in [0.15, 0.2) is 0 Å². The normalized spacial score (nSPS) is 21.2. The van der Waals surface area contributed by atoms with Gasteiger partial charge in [0.15, 0.2) is 14.9 Å². The van der Waals surface area contributed by atoms with E-state index in [1.165, 1.54) is 0 Å². The summed E-state index contributed by atoms with van der Waals surface area (Å²) in [5.41, 5.74) is 5.42. The molecule has 1 aliphatic heterocycles. The van der Waals surface area contributed by atoms with Gasteiger partial charge in [-0.3, -0.25) is 0 Å². The van der Waals surface area contributed by atoms with Crippen molar-refractivity contribution >= 4 is 27.2 Å². The lowest BCUT2D eigenvalue weighted by Crippen LogP contribution is -2.38. The van der Waals surface area contributed by atoms with Crippen molar-refractivity contribution in [2.75, 3.05) is 31.1 Å². The summed E-state index contributed by atoms with van der Waals surface area (Å²) in [5.74, 6) is 0.817. The first-order valence-electron chi connectivity index (χ1n) is 6.95. The Kier molecular flexibility index (Phi) is 7.63. The van der Waals surface area contributed by atoms with Gasteiger partial charge in [-0.25, -0.2) is 8.42 Å². The Morgan fingerprint density at radius 2 is 1.95 bits per heavy atom. The third-order valence-electron chi connectivity index (χ3n) is 3.29. The van der Waals surface area contributed by atoms with Gasteiger partial charge < -0.3 is 16.4 Å². The zero-order valence-corrected chi connectivity index (χ0v) is 13.0. The van der Waals surface area contributed by atoms with Crippen LogP contribution >= 0.6 is 12.2 Å². The molecule has 0 spiro atoms. The summed E-state index contributed by atoms with van der Waals surface area (Å²) in [6.07, 6.45) is 5.24. The van der Waals surface area contributed by atoms with E-state index in [9.17, 15) is 8.42 Å². The van der Waals surface area contributed by atoms with Crippen molar-refractivity contribution < 1.29 is 8.42 Å². The Hall–Kier alpha value is -0.400. The molecule has 0 aromatic carbocycles. The van der Waals surface area contributed by atoms with Crippen molar-refractivity contribution in [3.8, 4) is 0 Å². The molecule has 0 aromatic rings. The largest absolute Gasteiger partial charge is 0.363 e. The van der Waals surface area contributed by atoms with E-state index in [1.54, 1.807) is 0 Å². The van der Waals surface area contributed by atoms with Gasteiger partial charge in [0.25, 0.3) is 0 Å². The van der Waals surface area contributed by atoms with Crippen molar-refractivity contribution in [3.05, 3.63) is 0 Å². The molecule has 19 heavy (non-hydrogen) atoms. The van der Waals surface area contributed by atoms with E-state index >= 15 is 0 Å². The van der Waals surface area contributed by atoms with E-state index < -0.39 is 9.84 Å². The smallest absolute Gasteiger partial charge is 0.166 e. The highest BCUT2D eigenvalue weighted by molar-refractivity contribution is 7.91. The highest BCUT2D eigenvalue weighted by Gasteiger charge is 2.27. The van der Waals surface area contributed by atoms with Gasteiger partial charge in [0.2, 0.25) is 0 Å². The van der Waals surface area contributed by atoms with Gasteiger partial charge in [0.05, 0.1) is 11.5 Å². The van der Waals surface area contributed by atoms with Crippen LogP contribution in [0.1, 0.15) is 32.1 Å². The highest BCUT2D eigenvalue weighted by atomic mass is 32.2. The summed E-state index contributed by atoms with van der Waals surface area (Å²) in [7, 11) is -2.79. The van der Waals surface area contributed by atoms with Gasteiger partial charge in [-0.15, -0.1) is 0 Å². The molecule has 0 bridgehead atoms. The number of hydrogen-bond acceptors (Lipinski definition) is 4. The van der Waals surface area contributed by atoms with Crippen LogP contribution < -0.4 is 16.4 Å². The van der Waals surface area contributed by atoms with Gasteiger partial charge in [-0.05, 0) is 43.9 Å². The second kappa shape index (κ2) is 8.71. The van der Waals surface area contributed by atoms with E-state index in [-0.39, 0.29) is 5.92 Å². The van der Waals surface area contributed by atoms with E-state index in [2.05, 4.69) is 10.6 Å². The fourth-order valence-electron chi connectivity index (χ4n) is 2.16. The van der Waals surface area contributed by atoms with Crippen LogP contribution in [-0.4, -0.2) is 44.7 Å². The lowest BCUT2D eigenvalue weighted by Gasteiger charge is -2.13. The Labute approximate surface area is 121 Å². The first kappa shape index (κ1) is 16.7. The molecule has 0 saturated carbocycles. The monoisotopic (exact) mass is 307 g/mol. The summed E-state index contributed by atoms with van der Waals surface area (Å²) in [4.78, 5) is 0. The second-order valence-corrected chi connectivity index (χ2v) is 7.75. The molecular formula is C12H25N3O2S2. The van der Waals surface area contributed by atoms with Crippen LogP contribution in [0.3, 0.4) is 0 Å². The van der Waals surface area contributed by atoms with Gasteiger partial charge in [0, 0.05) is 13.1 Å². The maximum atomic E-state index is 11.3. The minimum absolute atomic E-state index is 0.203. The molecule has 1 rings (SSSR count).